The van der Waals surface area contributed by atoms with Gasteiger partial charge < -0.3 is 9.64 Å². The summed E-state index contributed by atoms with van der Waals surface area (Å²) in [5.74, 6) is 0.597. The molecule has 0 aliphatic carbocycles. The van der Waals surface area contributed by atoms with Crippen molar-refractivity contribution in [1.82, 2.24) is 10.2 Å². The summed E-state index contributed by atoms with van der Waals surface area (Å²) in [6.07, 6.45) is 0. The molecule has 6 heteroatoms. The fraction of sp³-hybridized carbons (Fsp3) is 0.778. The van der Waals surface area contributed by atoms with Crippen LogP contribution in [-0.4, -0.2) is 37.0 Å². The predicted molar refractivity (Wildman–Crippen MR) is 66.2 cm³/mol. The van der Waals surface area contributed by atoms with E-state index in [1.54, 1.807) is 7.11 Å². The number of anilines is 1. The molecule has 1 heterocycles. The molecule has 1 aromatic heterocycles. The van der Waals surface area contributed by atoms with Gasteiger partial charge in [-0.25, -0.2) is 0 Å². The van der Waals surface area contributed by atoms with Gasteiger partial charge in [0.1, 0.15) is 0 Å². The van der Waals surface area contributed by atoms with Crippen molar-refractivity contribution in [2.45, 2.75) is 13.8 Å². The van der Waals surface area contributed by atoms with E-state index >= 15 is 0 Å². The van der Waals surface area contributed by atoms with E-state index in [1.807, 2.05) is 0 Å². The molecule has 0 saturated heterocycles. The highest BCUT2D eigenvalue weighted by Crippen LogP contribution is 2.18. The second kappa shape index (κ2) is 6.19. The van der Waals surface area contributed by atoms with Gasteiger partial charge in [0.15, 0.2) is 3.95 Å². The summed E-state index contributed by atoms with van der Waals surface area (Å²) < 4.78 is 5.80. The fourth-order valence-corrected chi connectivity index (χ4v) is 2.18. The highest BCUT2D eigenvalue weighted by Gasteiger charge is 2.11. The van der Waals surface area contributed by atoms with E-state index in [4.69, 9.17) is 17.0 Å². The maximum atomic E-state index is 5.08. The van der Waals surface area contributed by atoms with Crippen LogP contribution in [0.4, 0.5) is 5.13 Å². The van der Waals surface area contributed by atoms with E-state index < -0.39 is 0 Å². The van der Waals surface area contributed by atoms with Crippen LogP contribution in [0.25, 0.3) is 0 Å². The standard InChI is InChI=1S/C9H17N3OS2/c1-7(2)6-12(4-5-13-3)8-10-11-9(14)15-8/h7H,4-6H2,1-3H3,(H,11,14). The van der Waals surface area contributed by atoms with Crippen molar-refractivity contribution in [2.24, 2.45) is 5.92 Å². The third kappa shape index (κ3) is 4.27. The van der Waals surface area contributed by atoms with Crippen LogP contribution in [0.1, 0.15) is 13.8 Å². The van der Waals surface area contributed by atoms with Crippen LogP contribution < -0.4 is 4.90 Å². The van der Waals surface area contributed by atoms with Gasteiger partial charge >= 0.3 is 0 Å². The number of H-pyrrole nitrogens is 1. The molecule has 15 heavy (non-hydrogen) atoms. The molecule has 86 valence electrons. The van der Waals surface area contributed by atoms with Gasteiger partial charge in [0.2, 0.25) is 5.13 Å². The molecule has 0 fully saturated rings. The number of hydrogen-bond donors (Lipinski definition) is 1. The average Bonchev–Trinajstić information content (AvgIpc) is 2.58. The first-order valence-corrected chi connectivity index (χ1v) is 6.15. The van der Waals surface area contributed by atoms with E-state index in [0.717, 1.165) is 22.2 Å². The van der Waals surface area contributed by atoms with Gasteiger partial charge in [0.25, 0.3) is 0 Å². The van der Waals surface area contributed by atoms with E-state index in [2.05, 4.69) is 28.9 Å². The lowest BCUT2D eigenvalue weighted by molar-refractivity contribution is 0.204. The van der Waals surface area contributed by atoms with Crippen molar-refractivity contribution in [3.63, 3.8) is 0 Å². The largest absolute Gasteiger partial charge is 0.383 e. The SMILES string of the molecule is COCCN(CC(C)C)c1n[nH]c(=S)s1. The fourth-order valence-electron chi connectivity index (χ4n) is 1.26. The third-order valence-electron chi connectivity index (χ3n) is 1.85. The molecule has 4 nitrogen and oxygen atoms in total. The molecule has 1 N–H and O–H groups in total. The molecule has 0 unspecified atom stereocenters. The van der Waals surface area contributed by atoms with Gasteiger partial charge in [-0.15, -0.1) is 5.10 Å². The van der Waals surface area contributed by atoms with Crippen LogP contribution in [0.5, 0.6) is 0 Å². The molecule has 0 spiro atoms. The Hall–Kier alpha value is -0.460. The molecule has 0 aliphatic heterocycles. The first kappa shape index (κ1) is 12.6. The van der Waals surface area contributed by atoms with Crippen molar-refractivity contribution in [1.29, 1.82) is 0 Å². The number of rotatable bonds is 6. The molecule has 0 aliphatic rings. The van der Waals surface area contributed by atoms with Gasteiger partial charge in [-0.2, -0.15) is 0 Å². The highest BCUT2D eigenvalue weighted by atomic mass is 32.1. The summed E-state index contributed by atoms with van der Waals surface area (Å²) in [4.78, 5) is 2.20. The summed E-state index contributed by atoms with van der Waals surface area (Å²) in [5.41, 5.74) is 0. The predicted octanol–water partition coefficient (Wildman–Crippen LogP) is 2.31. The van der Waals surface area contributed by atoms with E-state index in [-0.39, 0.29) is 0 Å². The number of aromatic amines is 1. The number of methoxy groups -OCH3 is 1. The lowest BCUT2D eigenvalue weighted by Gasteiger charge is -2.22. The second-order valence-corrected chi connectivity index (χ2v) is 5.37. The Kier molecular flexibility index (Phi) is 5.21. The summed E-state index contributed by atoms with van der Waals surface area (Å²) in [6, 6.07) is 0. The Labute approximate surface area is 99.3 Å². The normalized spacial score (nSPS) is 10.9. The van der Waals surface area contributed by atoms with Crippen LogP contribution in [0.2, 0.25) is 0 Å². The van der Waals surface area contributed by atoms with E-state index in [9.17, 15) is 0 Å². The van der Waals surface area contributed by atoms with Crippen LogP contribution in [0.3, 0.4) is 0 Å². The minimum absolute atomic E-state index is 0.597. The number of nitrogens with one attached hydrogen (secondary N) is 1. The Morgan fingerprint density at radius 2 is 2.33 bits per heavy atom. The number of hydrogen-bond acceptors (Lipinski definition) is 5. The van der Waals surface area contributed by atoms with Crippen molar-refractivity contribution in [3.8, 4) is 0 Å². The Morgan fingerprint density at radius 1 is 1.60 bits per heavy atom. The molecule has 0 radical (unpaired) electrons. The maximum absolute atomic E-state index is 5.08. The van der Waals surface area contributed by atoms with Crippen molar-refractivity contribution in [2.75, 3.05) is 31.7 Å². The minimum Gasteiger partial charge on any atom is -0.383 e. The summed E-state index contributed by atoms with van der Waals surface area (Å²) in [5, 5.41) is 7.93. The lowest BCUT2D eigenvalue weighted by atomic mass is 10.2. The monoisotopic (exact) mass is 247 g/mol. The van der Waals surface area contributed by atoms with Crippen LogP contribution in [-0.2, 0) is 4.74 Å². The summed E-state index contributed by atoms with van der Waals surface area (Å²) >= 11 is 6.53. The van der Waals surface area contributed by atoms with Crippen molar-refractivity contribution >= 4 is 28.7 Å². The quantitative estimate of drug-likeness (QED) is 0.783. The van der Waals surface area contributed by atoms with Crippen LogP contribution in [0, 0.1) is 9.87 Å². The van der Waals surface area contributed by atoms with Crippen LogP contribution in [0.15, 0.2) is 0 Å². The molecule has 0 bridgehead atoms. The molecular formula is C9H17N3OS2. The van der Waals surface area contributed by atoms with Crippen molar-refractivity contribution < 1.29 is 4.74 Å². The number of ether oxygens (including phenoxy) is 1. The molecule has 0 saturated carbocycles. The molecule has 1 aromatic rings. The molecule has 1 rings (SSSR count). The first-order chi connectivity index (χ1) is 7.13. The zero-order chi connectivity index (χ0) is 11.3. The first-order valence-electron chi connectivity index (χ1n) is 4.93. The molecule has 0 aromatic carbocycles. The van der Waals surface area contributed by atoms with Gasteiger partial charge in [-0.3, -0.25) is 5.10 Å². The maximum Gasteiger partial charge on any atom is 0.207 e. The lowest BCUT2D eigenvalue weighted by Crippen LogP contribution is -2.30. The van der Waals surface area contributed by atoms with Gasteiger partial charge in [-0.1, -0.05) is 25.2 Å². The zero-order valence-electron chi connectivity index (χ0n) is 9.32. The third-order valence-corrected chi connectivity index (χ3v) is 3.00. The van der Waals surface area contributed by atoms with E-state index in [1.165, 1.54) is 11.3 Å². The zero-order valence-corrected chi connectivity index (χ0v) is 11.0. The molecule has 0 atom stereocenters. The van der Waals surface area contributed by atoms with Gasteiger partial charge in [-0.05, 0) is 18.1 Å². The summed E-state index contributed by atoms with van der Waals surface area (Å²) in [7, 11) is 1.71. The van der Waals surface area contributed by atoms with Gasteiger partial charge in [0.05, 0.1) is 6.61 Å². The molecule has 0 amide bonds. The van der Waals surface area contributed by atoms with E-state index in [0.29, 0.717) is 12.5 Å². The number of aromatic nitrogens is 2. The second-order valence-electron chi connectivity index (χ2n) is 3.73. The Balaban J connectivity index is 2.66. The summed E-state index contributed by atoms with van der Waals surface area (Å²) in [6.45, 7) is 6.90. The smallest absolute Gasteiger partial charge is 0.207 e. The van der Waals surface area contributed by atoms with Crippen molar-refractivity contribution in [3.05, 3.63) is 3.95 Å². The highest BCUT2D eigenvalue weighted by molar-refractivity contribution is 7.73. The Bertz CT molecular complexity index is 334. The van der Waals surface area contributed by atoms with Gasteiger partial charge in [0, 0.05) is 20.2 Å². The number of nitrogens with zero attached hydrogens (tertiary/aromatic N) is 2. The molecular weight excluding hydrogens is 230 g/mol. The van der Waals surface area contributed by atoms with Crippen LogP contribution >= 0.6 is 23.6 Å². The minimum atomic E-state index is 0.597. The Morgan fingerprint density at radius 3 is 2.80 bits per heavy atom. The topological polar surface area (TPSA) is 41.1 Å². The average molecular weight is 247 g/mol.